The number of thiophene rings is 1. The smallest absolute Gasteiger partial charge is 0.340 e. The van der Waals surface area contributed by atoms with Crippen molar-refractivity contribution < 1.29 is 14.3 Å². The van der Waals surface area contributed by atoms with Gasteiger partial charge in [0.25, 0.3) is 0 Å². The molecule has 5 heteroatoms. The Kier molecular flexibility index (Phi) is 4.16. The summed E-state index contributed by atoms with van der Waals surface area (Å²) in [5.41, 5.74) is 0.157. The summed E-state index contributed by atoms with van der Waals surface area (Å²) in [6.07, 6.45) is 0. The maximum atomic E-state index is 13.7. The zero-order chi connectivity index (χ0) is 13.8. The number of aromatic carboxylic acids is 1. The van der Waals surface area contributed by atoms with Gasteiger partial charge in [-0.1, -0.05) is 12.1 Å². The van der Waals surface area contributed by atoms with Gasteiger partial charge in [-0.3, -0.25) is 0 Å². The van der Waals surface area contributed by atoms with Crippen molar-refractivity contribution in [1.29, 1.82) is 0 Å². The highest BCUT2D eigenvalue weighted by Gasteiger charge is 2.19. The van der Waals surface area contributed by atoms with Crippen molar-refractivity contribution in [2.24, 2.45) is 0 Å². The third-order valence-electron chi connectivity index (χ3n) is 2.85. The third-order valence-corrected chi connectivity index (χ3v) is 3.72. The van der Waals surface area contributed by atoms with Crippen LogP contribution in [-0.4, -0.2) is 17.6 Å². The van der Waals surface area contributed by atoms with Crippen LogP contribution in [0.15, 0.2) is 35.7 Å². The topological polar surface area (TPSA) is 40.5 Å². The number of carboxylic acids is 1. The van der Waals surface area contributed by atoms with Gasteiger partial charge in [-0.2, -0.15) is 0 Å². The van der Waals surface area contributed by atoms with E-state index in [1.807, 2.05) is 29.3 Å². The van der Waals surface area contributed by atoms with Gasteiger partial charge in [-0.05, 0) is 30.5 Å². The highest BCUT2D eigenvalue weighted by molar-refractivity contribution is 7.09. The van der Waals surface area contributed by atoms with E-state index >= 15 is 0 Å². The molecule has 19 heavy (non-hydrogen) atoms. The van der Waals surface area contributed by atoms with Gasteiger partial charge in [0.1, 0.15) is 11.4 Å². The molecule has 2 aromatic rings. The third kappa shape index (κ3) is 2.93. The molecule has 0 amide bonds. The molecule has 0 bridgehead atoms. The molecule has 0 radical (unpaired) electrons. The second kappa shape index (κ2) is 5.84. The predicted molar refractivity (Wildman–Crippen MR) is 74.4 cm³/mol. The van der Waals surface area contributed by atoms with Crippen LogP contribution in [0.2, 0.25) is 0 Å². The van der Waals surface area contributed by atoms with E-state index in [0.29, 0.717) is 18.8 Å². The summed E-state index contributed by atoms with van der Waals surface area (Å²) >= 11 is 1.60. The van der Waals surface area contributed by atoms with E-state index in [1.165, 1.54) is 12.1 Å². The fraction of sp³-hybridized carbons (Fsp3) is 0.214. The molecule has 0 aliphatic carbocycles. The van der Waals surface area contributed by atoms with Crippen molar-refractivity contribution in [3.8, 4) is 0 Å². The van der Waals surface area contributed by atoms with Gasteiger partial charge in [0, 0.05) is 11.4 Å². The Morgan fingerprint density at radius 1 is 1.37 bits per heavy atom. The second-order valence-electron chi connectivity index (χ2n) is 4.03. The maximum absolute atomic E-state index is 13.7. The molecule has 0 aliphatic rings. The van der Waals surface area contributed by atoms with E-state index in [-0.39, 0.29) is 5.56 Å². The first kappa shape index (κ1) is 13.5. The number of hydrogen-bond donors (Lipinski definition) is 1. The van der Waals surface area contributed by atoms with Gasteiger partial charge in [0.2, 0.25) is 0 Å². The summed E-state index contributed by atoms with van der Waals surface area (Å²) in [7, 11) is 0. The van der Waals surface area contributed by atoms with Crippen LogP contribution in [0.5, 0.6) is 0 Å². The number of anilines is 1. The number of benzene rings is 1. The number of rotatable bonds is 5. The van der Waals surface area contributed by atoms with E-state index in [2.05, 4.69) is 0 Å². The lowest BCUT2D eigenvalue weighted by Gasteiger charge is -2.24. The Labute approximate surface area is 114 Å². The maximum Gasteiger partial charge on any atom is 0.340 e. The molecule has 0 atom stereocenters. The molecule has 3 nitrogen and oxygen atoms in total. The molecule has 100 valence electrons. The summed E-state index contributed by atoms with van der Waals surface area (Å²) in [5, 5.41) is 11.1. The van der Waals surface area contributed by atoms with Gasteiger partial charge in [-0.15, -0.1) is 11.3 Å². The molecule has 0 unspecified atom stereocenters. The number of nitrogens with zero attached hydrogens (tertiary/aromatic N) is 1. The normalized spacial score (nSPS) is 10.4. The molecule has 0 fully saturated rings. The van der Waals surface area contributed by atoms with E-state index in [9.17, 15) is 9.18 Å². The minimum atomic E-state index is -1.24. The predicted octanol–water partition coefficient (Wildman–Crippen LogP) is 3.61. The molecule has 1 heterocycles. The lowest BCUT2D eigenvalue weighted by atomic mass is 10.1. The molecule has 1 N–H and O–H groups in total. The molecular weight excluding hydrogens is 265 g/mol. The lowest BCUT2D eigenvalue weighted by Crippen LogP contribution is -2.24. The Balaban J connectivity index is 2.38. The molecule has 0 aliphatic heterocycles. The van der Waals surface area contributed by atoms with E-state index in [1.54, 1.807) is 17.4 Å². The fourth-order valence-corrected chi connectivity index (χ4v) is 2.67. The summed E-state index contributed by atoms with van der Waals surface area (Å²) < 4.78 is 13.7. The monoisotopic (exact) mass is 279 g/mol. The Bertz CT molecular complexity index is 569. The zero-order valence-electron chi connectivity index (χ0n) is 10.5. The van der Waals surface area contributed by atoms with Crippen LogP contribution in [0.1, 0.15) is 22.2 Å². The van der Waals surface area contributed by atoms with Crippen molar-refractivity contribution in [2.75, 3.05) is 11.4 Å². The first-order valence-corrected chi connectivity index (χ1v) is 6.80. The highest BCUT2D eigenvalue weighted by Crippen LogP contribution is 2.25. The molecule has 0 spiro atoms. The average molecular weight is 279 g/mol. The van der Waals surface area contributed by atoms with Crippen LogP contribution in [0, 0.1) is 5.82 Å². The molecular formula is C14H14FNO2S. The highest BCUT2D eigenvalue weighted by atomic mass is 32.1. The van der Waals surface area contributed by atoms with Crippen molar-refractivity contribution in [3.05, 3.63) is 52.0 Å². The first-order chi connectivity index (χ1) is 9.13. The molecule has 0 saturated carbocycles. The second-order valence-corrected chi connectivity index (χ2v) is 5.06. The Morgan fingerprint density at radius 3 is 2.74 bits per heavy atom. The van der Waals surface area contributed by atoms with Crippen LogP contribution >= 0.6 is 11.3 Å². The van der Waals surface area contributed by atoms with Crippen LogP contribution < -0.4 is 4.90 Å². The quantitative estimate of drug-likeness (QED) is 0.909. The number of carbonyl (C=O) groups is 1. The number of hydrogen-bond acceptors (Lipinski definition) is 3. The van der Waals surface area contributed by atoms with E-state index < -0.39 is 11.8 Å². The first-order valence-electron chi connectivity index (χ1n) is 5.92. The van der Waals surface area contributed by atoms with Crippen LogP contribution in [0.4, 0.5) is 10.1 Å². The van der Waals surface area contributed by atoms with Gasteiger partial charge < -0.3 is 10.0 Å². The number of halogens is 1. The SMILES string of the molecule is CCN(Cc1cccs1)c1cccc(F)c1C(=O)O. The van der Waals surface area contributed by atoms with Gasteiger partial charge in [0.05, 0.1) is 12.2 Å². The fourth-order valence-electron chi connectivity index (χ4n) is 1.95. The summed E-state index contributed by atoms with van der Waals surface area (Å²) in [5.74, 6) is -1.94. The van der Waals surface area contributed by atoms with Crippen molar-refractivity contribution >= 4 is 23.0 Å². The average Bonchev–Trinajstić information content (AvgIpc) is 2.88. The van der Waals surface area contributed by atoms with E-state index in [4.69, 9.17) is 5.11 Å². The van der Waals surface area contributed by atoms with Crippen molar-refractivity contribution in [1.82, 2.24) is 0 Å². The van der Waals surface area contributed by atoms with Crippen molar-refractivity contribution in [3.63, 3.8) is 0 Å². The molecule has 1 aromatic carbocycles. The largest absolute Gasteiger partial charge is 0.478 e. The van der Waals surface area contributed by atoms with Crippen molar-refractivity contribution in [2.45, 2.75) is 13.5 Å². The lowest BCUT2D eigenvalue weighted by molar-refractivity contribution is 0.0692. The van der Waals surface area contributed by atoms with Crippen LogP contribution in [-0.2, 0) is 6.54 Å². The summed E-state index contributed by atoms with van der Waals surface area (Å²) in [4.78, 5) is 14.2. The standard InChI is InChI=1S/C14H14FNO2S/c1-2-16(9-10-5-4-8-19-10)12-7-3-6-11(15)13(12)14(17)18/h3-8H,2,9H2,1H3,(H,17,18). The van der Waals surface area contributed by atoms with Gasteiger partial charge in [-0.25, -0.2) is 9.18 Å². The zero-order valence-corrected chi connectivity index (χ0v) is 11.3. The summed E-state index contributed by atoms with van der Waals surface area (Å²) in [6, 6.07) is 8.27. The minimum Gasteiger partial charge on any atom is -0.478 e. The van der Waals surface area contributed by atoms with Crippen LogP contribution in [0.3, 0.4) is 0 Å². The molecule has 0 saturated heterocycles. The van der Waals surface area contributed by atoms with E-state index in [0.717, 1.165) is 4.88 Å². The number of carboxylic acid groups (broad SMARTS) is 1. The molecule has 2 rings (SSSR count). The molecule has 1 aromatic heterocycles. The Morgan fingerprint density at radius 2 is 2.16 bits per heavy atom. The van der Waals surface area contributed by atoms with Gasteiger partial charge >= 0.3 is 5.97 Å². The summed E-state index contributed by atoms with van der Waals surface area (Å²) in [6.45, 7) is 3.11. The van der Waals surface area contributed by atoms with Crippen LogP contribution in [0.25, 0.3) is 0 Å². The van der Waals surface area contributed by atoms with Gasteiger partial charge in [0.15, 0.2) is 0 Å². The Hall–Kier alpha value is -1.88. The minimum absolute atomic E-state index is 0.263.